The summed E-state index contributed by atoms with van der Waals surface area (Å²) in [7, 11) is 0. The SMILES string of the molecule is Cc1ccccc1CN=C(N=C(N)c1cccc2c1Oc1ccccc1C2(c1ccccc1)c1ccccc1)c1cccc2c1Oc1ccccc1C2(c1ccccc1)c1ccccc1. The van der Waals surface area contributed by atoms with Crippen LogP contribution in [0.15, 0.2) is 241 Å². The molecule has 0 unspecified atom stereocenters. The molecule has 0 aromatic heterocycles. The summed E-state index contributed by atoms with van der Waals surface area (Å²) < 4.78 is 14.1. The highest BCUT2D eigenvalue weighted by Crippen LogP contribution is 2.58. The molecule has 9 aromatic rings. The Kier molecular flexibility index (Phi) is 10.0. The van der Waals surface area contributed by atoms with Crippen LogP contribution in [0.5, 0.6) is 23.0 Å². The number of benzene rings is 9. The predicted octanol–water partition coefficient (Wildman–Crippen LogP) is 13.3. The lowest BCUT2D eigenvalue weighted by molar-refractivity contribution is 0.433. The number of aryl methyl sites for hydroxylation is 1. The smallest absolute Gasteiger partial charge is 0.161 e. The van der Waals surface area contributed by atoms with Crippen LogP contribution >= 0.6 is 0 Å². The number of para-hydroxylation sites is 4. The number of hydrogen-bond acceptors (Lipinski definition) is 3. The Morgan fingerprint density at radius 1 is 0.415 bits per heavy atom. The highest BCUT2D eigenvalue weighted by atomic mass is 16.5. The number of ether oxygens (including phenoxy) is 2. The third-order valence-electron chi connectivity index (χ3n) is 13.1. The molecule has 0 saturated heterocycles. The average Bonchev–Trinajstić information content (AvgIpc) is 3.37. The van der Waals surface area contributed by atoms with Gasteiger partial charge in [0.25, 0.3) is 0 Å². The average molecular weight is 840 g/mol. The number of amidine groups is 2. The first-order valence-corrected chi connectivity index (χ1v) is 22.1. The van der Waals surface area contributed by atoms with Gasteiger partial charge in [-0.05, 0) is 64.6 Å². The molecule has 0 aliphatic carbocycles. The summed E-state index contributed by atoms with van der Waals surface area (Å²) >= 11 is 0. The first-order chi connectivity index (χ1) is 32.1. The van der Waals surface area contributed by atoms with Crippen LogP contribution in [-0.4, -0.2) is 11.7 Å². The van der Waals surface area contributed by atoms with Gasteiger partial charge in [0.1, 0.15) is 28.8 Å². The quantitative estimate of drug-likeness (QED) is 0.122. The van der Waals surface area contributed by atoms with Crippen LogP contribution in [0.1, 0.15) is 66.8 Å². The molecule has 11 rings (SSSR count). The zero-order chi connectivity index (χ0) is 43.8. The number of aliphatic imine (C=N–C) groups is 2. The van der Waals surface area contributed by atoms with E-state index in [2.05, 4.69) is 195 Å². The van der Waals surface area contributed by atoms with Crippen LogP contribution in [-0.2, 0) is 17.4 Å². The van der Waals surface area contributed by atoms with Gasteiger partial charge >= 0.3 is 0 Å². The van der Waals surface area contributed by atoms with Crippen molar-refractivity contribution in [3.05, 3.63) is 297 Å². The predicted molar refractivity (Wildman–Crippen MR) is 262 cm³/mol. The number of nitrogens with two attached hydrogens (primary N) is 1. The van der Waals surface area contributed by atoms with E-state index in [0.717, 1.165) is 72.7 Å². The summed E-state index contributed by atoms with van der Waals surface area (Å²) in [6.45, 7) is 2.49. The van der Waals surface area contributed by atoms with E-state index in [1.54, 1.807) is 0 Å². The molecule has 5 heteroatoms. The fourth-order valence-electron chi connectivity index (χ4n) is 10.1. The second-order valence-corrected chi connectivity index (χ2v) is 16.6. The second kappa shape index (κ2) is 16.4. The van der Waals surface area contributed by atoms with Crippen molar-refractivity contribution in [2.24, 2.45) is 15.7 Å². The van der Waals surface area contributed by atoms with Crippen molar-refractivity contribution in [3.63, 3.8) is 0 Å². The molecule has 0 saturated carbocycles. The van der Waals surface area contributed by atoms with Crippen LogP contribution < -0.4 is 15.2 Å². The molecule has 65 heavy (non-hydrogen) atoms. The van der Waals surface area contributed by atoms with E-state index in [9.17, 15) is 0 Å². The van der Waals surface area contributed by atoms with Gasteiger partial charge in [0.15, 0.2) is 5.84 Å². The minimum atomic E-state index is -0.725. The van der Waals surface area contributed by atoms with E-state index in [4.69, 9.17) is 25.2 Å². The zero-order valence-electron chi connectivity index (χ0n) is 35.9. The molecular formula is C60H45N3O2. The highest BCUT2D eigenvalue weighted by molar-refractivity contribution is 6.13. The lowest BCUT2D eigenvalue weighted by atomic mass is 9.63. The van der Waals surface area contributed by atoms with Crippen molar-refractivity contribution < 1.29 is 9.47 Å². The first-order valence-electron chi connectivity index (χ1n) is 22.1. The van der Waals surface area contributed by atoms with Crippen LogP contribution in [0.3, 0.4) is 0 Å². The molecule has 0 fully saturated rings. The Morgan fingerprint density at radius 3 is 1.28 bits per heavy atom. The molecule has 0 radical (unpaired) electrons. The molecule has 0 amide bonds. The van der Waals surface area contributed by atoms with Crippen LogP contribution in [0.4, 0.5) is 0 Å². The van der Waals surface area contributed by atoms with Crippen LogP contribution in [0.25, 0.3) is 0 Å². The molecule has 0 spiro atoms. The van der Waals surface area contributed by atoms with E-state index in [-0.39, 0.29) is 5.84 Å². The molecule has 2 aliphatic heterocycles. The van der Waals surface area contributed by atoms with Crippen molar-refractivity contribution in [2.45, 2.75) is 24.3 Å². The fourth-order valence-corrected chi connectivity index (χ4v) is 10.1. The number of rotatable bonds is 8. The maximum absolute atomic E-state index is 7.38. The normalized spacial score (nSPS) is 14.4. The highest BCUT2D eigenvalue weighted by Gasteiger charge is 2.47. The largest absolute Gasteiger partial charge is 0.456 e. The molecule has 0 bridgehead atoms. The van der Waals surface area contributed by atoms with E-state index in [0.29, 0.717) is 29.4 Å². The summed E-state index contributed by atoms with van der Waals surface area (Å²) in [5.41, 5.74) is 18.1. The van der Waals surface area contributed by atoms with Crippen LogP contribution in [0.2, 0.25) is 0 Å². The second-order valence-electron chi connectivity index (χ2n) is 16.6. The van der Waals surface area contributed by atoms with Crippen molar-refractivity contribution in [3.8, 4) is 23.0 Å². The van der Waals surface area contributed by atoms with E-state index in [1.165, 1.54) is 0 Å². The van der Waals surface area contributed by atoms with Gasteiger partial charge in [0.05, 0.1) is 28.5 Å². The Morgan fingerprint density at radius 2 is 0.800 bits per heavy atom. The summed E-state index contributed by atoms with van der Waals surface area (Å²) in [4.78, 5) is 10.7. The van der Waals surface area contributed by atoms with Gasteiger partial charge in [0, 0.05) is 22.3 Å². The molecule has 2 N–H and O–H groups in total. The maximum atomic E-state index is 7.38. The Labute approximate surface area is 379 Å². The standard InChI is InChI=1S/C60H45N3O2/c1-41-22-14-15-23-42(41)40-62-58(48-33-21-37-52-56(48)65-54-39-19-17-35-50(54)60(52,45-28-10-4-11-29-45)46-30-12-5-13-31-46)63-57(61)47-32-20-36-51-55(47)64-53-38-18-16-34-49(53)59(51,43-24-6-2-7-25-43)44-26-8-3-9-27-44/h2-39H,40H2,1H3,(H2,61,62,63). The minimum Gasteiger partial charge on any atom is -0.456 e. The number of nitrogens with zero attached hydrogens (tertiary/aromatic N) is 2. The van der Waals surface area contributed by atoms with E-state index in [1.807, 2.05) is 42.5 Å². The Hall–Kier alpha value is -8.28. The molecule has 5 nitrogen and oxygen atoms in total. The third-order valence-corrected chi connectivity index (χ3v) is 13.1. The van der Waals surface area contributed by atoms with Crippen molar-refractivity contribution >= 4 is 11.7 Å². The summed E-state index contributed by atoms with van der Waals surface area (Å²) in [5.74, 6) is 3.55. The monoisotopic (exact) mass is 839 g/mol. The van der Waals surface area contributed by atoms with Crippen molar-refractivity contribution in [2.75, 3.05) is 0 Å². The lowest BCUT2D eigenvalue weighted by Gasteiger charge is -2.42. The van der Waals surface area contributed by atoms with Gasteiger partial charge in [-0.1, -0.05) is 206 Å². The van der Waals surface area contributed by atoms with E-state index >= 15 is 0 Å². The maximum Gasteiger partial charge on any atom is 0.161 e. The van der Waals surface area contributed by atoms with Gasteiger partial charge in [0.2, 0.25) is 0 Å². The lowest BCUT2D eigenvalue weighted by Crippen LogP contribution is -2.35. The Bertz CT molecular complexity index is 3170. The first kappa shape index (κ1) is 39.6. The third kappa shape index (κ3) is 6.46. The Balaban J connectivity index is 1.15. The van der Waals surface area contributed by atoms with Crippen molar-refractivity contribution in [1.29, 1.82) is 0 Å². The summed E-state index contributed by atoms with van der Waals surface area (Å²) in [6, 6.07) is 80.1. The van der Waals surface area contributed by atoms with Gasteiger partial charge in [-0.25, -0.2) is 4.99 Å². The van der Waals surface area contributed by atoms with Gasteiger partial charge < -0.3 is 15.2 Å². The summed E-state index contributed by atoms with van der Waals surface area (Å²) in [5, 5.41) is 0. The van der Waals surface area contributed by atoms with Gasteiger partial charge in [-0.3, -0.25) is 4.99 Å². The van der Waals surface area contributed by atoms with Gasteiger partial charge in [-0.15, -0.1) is 0 Å². The zero-order valence-corrected chi connectivity index (χ0v) is 35.9. The number of fused-ring (bicyclic) bond motifs is 4. The van der Waals surface area contributed by atoms with Crippen molar-refractivity contribution in [1.82, 2.24) is 0 Å². The topological polar surface area (TPSA) is 69.2 Å². The molecule has 2 aliphatic rings. The molecule has 2 heterocycles. The molecule has 0 atom stereocenters. The summed E-state index contributed by atoms with van der Waals surface area (Å²) in [6.07, 6.45) is 0. The minimum absolute atomic E-state index is 0.269. The fraction of sp³-hybridized carbons (Fsp3) is 0.0667. The molecule has 312 valence electrons. The van der Waals surface area contributed by atoms with E-state index < -0.39 is 10.8 Å². The van der Waals surface area contributed by atoms with Crippen LogP contribution in [0, 0.1) is 6.92 Å². The number of hydrogen-bond donors (Lipinski definition) is 1. The molecule has 9 aromatic carbocycles. The molecular weight excluding hydrogens is 795 g/mol. The van der Waals surface area contributed by atoms with Gasteiger partial charge in [-0.2, -0.15) is 0 Å².